The van der Waals surface area contributed by atoms with Crippen molar-refractivity contribution in [2.45, 2.75) is 13.0 Å². The van der Waals surface area contributed by atoms with E-state index in [1.165, 1.54) is 6.08 Å². The van der Waals surface area contributed by atoms with E-state index in [9.17, 15) is 4.79 Å². The molecule has 14 heavy (non-hydrogen) atoms. The van der Waals surface area contributed by atoms with Crippen molar-refractivity contribution in [3.8, 4) is 0 Å². The third-order valence-electron chi connectivity index (χ3n) is 1.81. The summed E-state index contributed by atoms with van der Waals surface area (Å²) in [5.41, 5.74) is 0. The van der Waals surface area contributed by atoms with Crippen LogP contribution in [0.4, 0.5) is 0 Å². The zero-order chi connectivity index (χ0) is 10.4. The molecule has 0 amide bonds. The Bertz CT molecular complexity index is 308. The van der Waals surface area contributed by atoms with Gasteiger partial charge in [0.05, 0.1) is 0 Å². The Morgan fingerprint density at radius 1 is 1.50 bits per heavy atom. The minimum absolute atomic E-state index is 0.329. The van der Waals surface area contributed by atoms with Gasteiger partial charge in [-0.3, -0.25) is 0 Å². The lowest BCUT2D eigenvalue weighted by molar-refractivity contribution is -0.129. The second-order valence-electron chi connectivity index (χ2n) is 2.77. The summed E-state index contributed by atoms with van der Waals surface area (Å²) in [6.45, 7) is 5.41. The Labute approximate surface area is 85.9 Å². The Kier molecular flexibility index (Phi) is 4.13. The standard InChI is InChI=1S/C11H13O2Si/c1-3-11(12)13-14(4-2)10-8-6-5-7-9-10/h3,5-9H,1,4H2,2H3. The highest BCUT2D eigenvalue weighted by atomic mass is 28.3. The summed E-state index contributed by atoms with van der Waals surface area (Å²) in [6, 6.07) is 10.7. The SMILES string of the molecule is C=CC(=O)O[Si](CC)c1ccccc1. The van der Waals surface area contributed by atoms with Crippen LogP contribution in [0.25, 0.3) is 0 Å². The van der Waals surface area contributed by atoms with Crippen LogP contribution in [0.3, 0.4) is 0 Å². The third kappa shape index (κ3) is 2.85. The molecule has 0 aromatic heterocycles. The van der Waals surface area contributed by atoms with Gasteiger partial charge in [0.15, 0.2) is 0 Å². The lowest BCUT2D eigenvalue weighted by Crippen LogP contribution is -2.34. The van der Waals surface area contributed by atoms with Crippen molar-refractivity contribution in [1.29, 1.82) is 0 Å². The van der Waals surface area contributed by atoms with Crippen LogP contribution in [0.5, 0.6) is 0 Å². The summed E-state index contributed by atoms with van der Waals surface area (Å²) in [4.78, 5) is 11.0. The fourth-order valence-corrected chi connectivity index (χ4v) is 2.68. The van der Waals surface area contributed by atoms with Crippen LogP contribution in [0, 0.1) is 0 Å². The molecule has 0 aliphatic rings. The van der Waals surface area contributed by atoms with E-state index < -0.39 is 9.04 Å². The minimum atomic E-state index is -1.19. The molecule has 73 valence electrons. The number of rotatable bonds is 4. The number of benzene rings is 1. The van der Waals surface area contributed by atoms with Crippen molar-refractivity contribution < 1.29 is 9.22 Å². The highest BCUT2D eigenvalue weighted by Crippen LogP contribution is 1.97. The minimum Gasteiger partial charge on any atom is -0.510 e. The maximum atomic E-state index is 11.0. The normalized spacial score (nSPS) is 9.86. The average molecular weight is 205 g/mol. The molecule has 0 aliphatic carbocycles. The van der Waals surface area contributed by atoms with E-state index in [2.05, 4.69) is 6.58 Å². The fourth-order valence-electron chi connectivity index (χ4n) is 1.12. The van der Waals surface area contributed by atoms with Gasteiger partial charge in [0.1, 0.15) is 0 Å². The van der Waals surface area contributed by atoms with Gasteiger partial charge in [0.2, 0.25) is 0 Å². The first-order valence-electron chi connectivity index (χ1n) is 4.53. The molecule has 0 unspecified atom stereocenters. The van der Waals surface area contributed by atoms with E-state index >= 15 is 0 Å². The second kappa shape index (κ2) is 5.39. The maximum absolute atomic E-state index is 11.0. The summed E-state index contributed by atoms with van der Waals surface area (Å²) in [5.74, 6) is -0.329. The number of hydrogen-bond donors (Lipinski definition) is 0. The first-order chi connectivity index (χ1) is 6.77. The average Bonchev–Trinajstić information content (AvgIpc) is 2.26. The molecule has 2 nitrogen and oxygen atoms in total. The summed E-state index contributed by atoms with van der Waals surface area (Å²) < 4.78 is 5.28. The molecule has 0 heterocycles. The molecule has 0 fully saturated rings. The summed E-state index contributed by atoms with van der Waals surface area (Å²) >= 11 is 0. The molecule has 3 heteroatoms. The zero-order valence-corrected chi connectivity index (χ0v) is 9.19. The molecule has 0 N–H and O–H groups in total. The molecule has 0 atom stereocenters. The van der Waals surface area contributed by atoms with Crippen molar-refractivity contribution in [3.05, 3.63) is 43.0 Å². The Morgan fingerprint density at radius 3 is 2.64 bits per heavy atom. The van der Waals surface area contributed by atoms with Gasteiger partial charge in [-0.05, 0) is 11.2 Å². The first-order valence-corrected chi connectivity index (χ1v) is 6.15. The lowest BCUT2D eigenvalue weighted by Gasteiger charge is -2.11. The summed E-state index contributed by atoms with van der Waals surface area (Å²) in [5, 5.41) is 1.12. The molecule has 1 aromatic carbocycles. The van der Waals surface area contributed by atoms with Crippen LogP contribution in [0.1, 0.15) is 6.92 Å². The molecular formula is C11H13O2Si. The van der Waals surface area contributed by atoms with Gasteiger partial charge in [-0.2, -0.15) is 0 Å². The summed E-state index contributed by atoms with van der Waals surface area (Å²) in [6.07, 6.45) is 1.21. The topological polar surface area (TPSA) is 26.3 Å². The van der Waals surface area contributed by atoms with Crippen LogP contribution < -0.4 is 5.19 Å². The smallest absolute Gasteiger partial charge is 0.320 e. The zero-order valence-electron chi connectivity index (χ0n) is 8.19. The Hall–Kier alpha value is -1.35. The van der Waals surface area contributed by atoms with E-state index in [0.717, 1.165) is 11.2 Å². The number of carbonyl (C=O) groups is 1. The van der Waals surface area contributed by atoms with Crippen molar-refractivity contribution in [1.82, 2.24) is 0 Å². The van der Waals surface area contributed by atoms with E-state index in [0.29, 0.717) is 0 Å². The van der Waals surface area contributed by atoms with Gasteiger partial charge in [-0.25, -0.2) is 4.79 Å². The van der Waals surface area contributed by atoms with Crippen LogP contribution in [0.15, 0.2) is 43.0 Å². The largest absolute Gasteiger partial charge is 0.510 e. The maximum Gasteiger partial charge on any atom is 0.320 e. The summed E-state index contributed by atoms with van der Waals surface area (Å²) in [7, 11) is -1.19. The van der Waals surface area contributed by atoms with E-state index in [4.69, 9.17) is 4.43 Å². The predicted molar refractivity (Wildman–Crippen MR) is 58.6 cm³/mol. The van der Waals surface area contributed by atoms with Gasteiger partial charge < -0.3 is 4.43 Å². The van der Waals surface area contributed by atoms with Gasteiger partial charge in [0.25, 0.3) is 0 Å². The highest BCUT2D eigenvalue weighted by Gasteiger charge is 2.16. The van der Waals surface area contributed by atoms with Crippen molar-refractivity contribution in [2.75, 3.05) is 0 Å². The van der Waals surface area contributed by atoms with Crippen LogP contribution in [0.2, 0.25) is 6.04 Å². The molecule has 0 saturated carbocycles. The fraction of sp³-hybridized carbons (Fsp3) is 0.182. The van der Waals surface area contributed by atoms with Gasteiger partial charge in [0, 0.05) is 6.08 Å². The lowest BCUT2D eigenvalue weighted by atomic mass is 10.4. The molecule has 1 aromatic rings. The van der Waals surface area contributed by atoms with Crippen molar-refractivity contribution in [2.24, 2.45) is 0 Å². The predicted octanol–water partition coefficient (Wildman–Crippen LogP) is 1.63. The Balaban J connectivity index is 2.72. The third-order valence-corrected chi connectivity index (χ3v) is 3.87. The molecule has 1 rings (SSSR count). The van der Waals surface area contributed by atoms with Gasteiger partial charge >= 0.3 is 15.0 Å². The van der Waals surface area contributed by atoms with Gasteiger partial charge in [-0.15, -0.1) is 0 Å². The molecule has 0 bridgehead atoms. The van der Waals surface area contributed by atoms with E-state index in [1.807, 2.05) is 37.3 Å². The molecule has 1 radical (unpaired) electrons. The van der Waals surface area contributed by atoms with Crippen molar-refractivity contribution >= 4 is 20.2 Å². The number of carbonyl (C=O) groups excluding carboxylic acids is 1. The van der Waals surface area contributed by atoms with Crippen molar-refractivity contribution in [3.63, 3.8) is 0 Å². The molecule has 0 aliphatic heterocycles. The van der Waals surface area contributed by atoms with Crippen LogP contribution >= 0.6 is 0 Å². The molecular weight excluding hydrogens is 192 g/mol. The highest BCUT2D eigenvalue weighted by molar-refractivity contribution is 6.68. The first kappa shape index (κ1) is 10.7. The Morgan fingerprint density at radius 2 is 2.14 bits per heavy atom. The second-order valence-corrected chi connectivity index (χ2v) is 5.10. The molecule has 0 saturated heterocycles. The van der Waals surface area contributed by atoms with E-state index in [1.54, 1.807) is 0 Å². The number of hydrogen-bond acceptors (Lipinski definition) is 2. The van der Waals surface area contributed by atoms with Crippen LogP contribution in [-0.2, 0) is 9.22 Å². The quantitative estimate of drug-likeness (QED) is 0.551. The molecule has 0 spiro atoms. The van der Waals surface area contributed by atoms with Crippen LogP contribution in [-0.4, -0.2) is 15.0 Å². The monoisotopic (exact) mass is 205 g/mol. The van der Waals surface area contributed by atoms with Gasteiger partial charge in [-0.1, -0.05) is 43.8 Å². The van der Waals surface area contributed by atoms with E-state index in [-0.39, 0.29) is 5.97 Å².